The summed E-state index contributed by atoms with van der Waals surface area (Å²) in [6, 6.07) is 11.9. The van der Waals surface area contributed by atoms with Gasteiger partial charge in [0.1, 0.15) is 11.9 Å². The number of halogens is 3. The number of oxime groups is 1. The van der Waals surface area contributed by atoms with Crippen LogP contribution >= 0.6 is 23.2 Å². The van der Waals surface area contributed by atoms with E-state index in [9.17, 15) is 4.39 Å². The second-order valence-electron chi connectivity index (χ2n) is 5.36. The highest BCUT2D eigenvalue weighted by Gasteiger charge is 2.22. The van der Waals surface area contributed by atoms with Gasteiger partial charge in [-0.25, -0.2) is 4.39 Å². The number of nitrogens with one attached hydrogen (secondary N) is 1. The maximum atomic E-state index is 13.1. The Morgan fingerprint density at radius 2 is 2.04 bits per heavy atom. The van der Waals surface area contributed by atoms with E-state index in [1.807, 2.05) is 12.1 Å². The van der Waals surface area contributed by atoms with Crippen molar-refractivity contribution in [3.8, 4) is 0 Å². The van der Waals surface area contributed by atoms with Crippen molar-refractivity contribution < 1.29 is 9.23 Å². The first kappa shape index (κ1) is 16.2. The lowest BCUT2D eigenvalue weighted by atomic mass is 10.1. The van der Waals surface area contributed by atoms with Crippen LogP contribution in [0.5, 0.6) is 0 Å². The fourth-order valence-electron chi connectivity index (χ4n) is 2.41. The fourth-order valence-corrected chi connectivity index (χ4v) is 2.71. The Labute approximate surface area is 144 Å². The number of rotatable bonds is 5. The zero-order chi connectivity index (χ0) is 16.2. The molecule has 23 heavy (non-hydrogen) atoms. The summed E-state index contributed by atoms with van der Waals surface area (Å²) in [6.45, 7) is 1.21. The summed E-state index contributed by atoms with van der Waals surface area (Å²) in [5, 5.41) is 8.38. The molecule has 0 amide bonds. The Morgan fingerprint density at radius 3 is 2.83 bits per heavy atom. The highest BCUT2D eigenvalue weighted by Crippen LogP contribution is 2.25. The van der Waals surface area contributed by atoms with Crippen LogP contribution in [0.15, 0.2) is 47.6 Å². The third-order valence-electron chi connectivity index (χ3n) is 3.58. The molecule has 0 unspecified atom stereocenters. The van der Waals surface area contributed by atoms with Crippen LogP contribution in [0.25, 0.3) is 0 Å². The van der Waals surface area contributed by atoms with Crippen LogP contribution in [-0.2, 0) is 11.4 Å². The highest BCUT2D eigenvalue weighted by molar-refractivity contribution is 6.42. The van der Waals surface area contributed by atoms with Crippen molar-refractivity contribution in [2.24, 2.45) is 5.16 Å². The topological polar surface area (TPSA) is 33.6 Å². The van der Waals surface area contributed by atoms with Gasteiger partial charge in [-0.2, -0.15) is 0 Å². The van der Waals surface area contributed by atoms with Crippen LogP contribution in [0.3, 0.4) is 0 Å². The molecule has 2 aromatic rings. The lowest BCUT2D eigenvalue weighted by molar-refractivity contribution is 0.0848. The Morgan fingerprint density at radius 1 is 1.17 bits per heavy atom. The molecule has 1 aliphatic heterocycles. The summed E-state index contributed by atoms with van der Waals surface area (Å²) in [4.78, 5) is 5.43. The first-order valence-electron chi connectivity index (χ1n) is 7.25. The molecule has 0 spiro atoms. The van der Waals surface area contributed by atoms with Crippen molar-refractivity contribution in [3.05, 3.63) is 69.5 Å². The molecule has 3 rings (SSSR count). The van der Waals surface area contributed by atoms with Crippen LogP contribution in [0, 0.1) is 5.82 Å². The Bertz CT molecular complexity index is 736. The predicted octanol–water partition coefficient (Wildman–Crippen LogP) is 4.42. The summed E-state index contributed by atoms with van der Waals surface area (Å²) in [6.07, 6.45) is 0.640. The monoisotopic (exact) mass is 352 g/mol. The number of benzene rings is 2. The van der Waals surface area contributed by atoms with Gasteiger partial charge in [-0.15, -0.1) is 0 Å². The van der Waals surface area contributed by atoms with Crippen molar-refractivity contribution in [2.45, 2.75) is 19.1 Å². The van der Waals surface area contributed by atoms with Crippen molar-refractivity contribution in [3.63, 3.8) is 0 Å². The molecule has 1 aliphatic rings. The summed E-state index contributed by atoms with van der Waals surface area (Å²) in [7, 11) is 0. The highest BCUT2D eigenvalue weighted by atomic mass is 35.5. The molecule has 0 radical (unpaired) electrons. The average molecular weight is 353 g/mol. The van der Waals surface area contributed by atoms with Crippen LogP contribution < -0.4 is 5.32 Å². The van der Waals surface area contributed by atoms with E-state index in [1.54, 1.807) is 18.2 Å². The van der Waals surface area contributed by atoms with Gasteiger partial charge < -0.3 is 10.2 Å². The molecule has 1 atom stereocenters. The Balaban J connectivity index is 1.50. The van der Waals surface area contributed by atoms with E-state index in [1.165, 1.54) is 12.1 Å². The van der Waals surface area contributed by atoms with E-state index < -0.39 is 0 Å². The fraction of sp³-hybridized carbons (Fsp3) is 0.235. The predicted molar refractivity (Wildman–Crippen MR) is 90.6 cm³/mol. The summed E-state index contributed by atoms with van der Waals surface area (Å²) >= 11 is 11.9. The van der Waals surface area contributed by atoms with E-state index in [0.717, 1.165) is 16.8 Å². The Hall–Kier alpha value is -1.62. The van der Waals surface area contributed by atoms with Gasteiger partial charge in [0.25, 0.3) is 0 Å². The number of hydrogen-bond donors (Lipinski definition) is 1. The van der Waals surface area contributed by atoms with Crippen molar-refractivity contribution in [1.29, 1.82) is 0 Å². The zero-order valence-corrected chi connectivity index (χ0v) is 13.7. The molecule has 0 bridgehead atoms. The minimum absolute atomic E-state index is 0.0481. The van der Waals surface area contributed by atoms with Crippen molar-refractivity contribution in [1.82, 2.24) is 5.32 Å². The molecule has 0 saturated heterocycles. The molecular weight excluding hydrogens is 338 g/mol. The maximum absolute atomic E-state index is 13.1. The van der Waals surface area contributed by atoms with Crippen LogP contribution in [0.2, 0.25) is 10.0 Å². The van der Waals surface area contributed by atoms with E-state index in [4.69, 9.17) is 28.0 Å². The summed E-state index contributed by atoms with van der Waals surface area (Å²) in [5.74, 6) is -0.230. The van der Waals surface area contributed by atoms with Gasteiger partial charge >= 0.3 is 0 Å². The molecule has 1 heterocycles. The van der Waals surface area contributed by atoms with Gasteiger partial charge in [-0.3, -0.25) is 0 Å². The SMILES string of the molecule is Fc1cccc(CNC[C@H]2CC(c3ccc(Cl)c(Cl)c3)=NO2)c1. The maximum Gasteiger partial charge on any atom is 0.145 e. The number of hydrogen-bond acceptors (Lipinski definition) is 3. The van der Waals surface area contributed by atoms with E-state index >= 15 is 0 Å². The molecule has 3 nitrogen and oxygen atoms in total. The first-order chi connectivity index (χ1) is 11.1. The van der Waals surface area contributed by atoms with Crippen LogP contribution in [0.4, 0.5) is 4.39 Å². The molecule has 1 N–H and O–H groups in total. The van der Waals surface area contributed by atoms with E-state index in [-0.39, 0.29) is 11.9 Å². The van der Waals surface area contributed by atoms with Gasteiger partial charge in [0.15, 0.2) is 0 Å². The lowest BCUT2D eigenvalue weighted by Crippen LogP contribution is -2.26. The standard InChI is InChI=1S/C17H15Cl2FN2O/c18-15-5-4-12(7-16(15)19)17-8-14(23-22-17)10-21-9-11-2-1-3-13(20)6-11/h1-7,14,21H,8-10H2/t14-/m1/s1. The minimum Gasteiger partial charge on any atom is -0.390 e. The third kappa shape index (κ3) is 4.22. The van der Waals surface area contributed by atoms with E-state index in [2.05, 4.69) is 10.5 Å². The first-order valence-corrected chi connectivity index (χ1v) is 8.00. The van der Waals surface area contributed by atoms with Gasteiger partial charge in [-0.1, -0.05) is 46.6 Å². The summed E-state index contributed by atoms with van der Waals surface area (Å²) in [5.41, 5.74) is 2.65. The molecule has 0 aliphatic carbocycles. The molecule has 0 aromatic heterocycles. The van der Waals surface area contributed by atoms with Crippen molar-refractivity contribution in [2.75, 3.05) is 6.54 Å². The molecule has 120 valence electrons. The van der Waals surface area contributed by atoms with Crippen molar-refractivity contribution >= 4 is 28.9 Å². The second kappa shape index (κ2) is 7.30. The smallest absolute Gasteiger partial charge is 0.145 e. The normalized spacial score (nSPS) is 17.0. The largest absolute Gasteiger partial charge is 0.390 e. The van der Waals surface area contributed by atoms with Gasteiger partial charge in [0.05, 0.1) is 15.8 Å². The quantitative estimate of drug-likeness (QED) is 0.864. The third-order valence-corrected chi connectivity index (χ3v) is 4.32. The Kier molecular flexibility index (Phi) is 5.16. The molecule has 0 fully saturated rings. The zero-order valence-electron chi connectivity index (χ0n) is 12.2. The van der Waals surface area contributed by atoms with E-state index in [0.29, 0.717) is 29.6 Å². The minimum atomic E-state index is -0.230. The van der Waals surface area contributed by atoms with Crippen LogP contribution in [0.1, 0.15) is 17.5 Å². The molecule has 6 heteroatoms. The molecule has 2 aromatic carbocycles. The molecule has 0 saturated carbocycles. The number of nitrogens with zero attached hydrogens (tertiary/aromatic N) is 1. The second-order valence-corrected chi connectivity index (χ2v) is 6.17. The van der Waals surface area contributed by atoms with Gasteiger partial charge in [0.2, 0.25) is 0 Å². The van der Waals surface area contributed by atoms with Crippen LogP contribution in [-0.4, -0.2) is 18.4 Å². The average Bonchev–Trinajstić information content (AvgIpc) is 2.99. The lowest BCUT2D eigenvalue weighted by Gasteiger charge is -2.10. The van der Waals surface area contributed by atoms with Gasteiger partial charge in [-0.05, 0) is 29.8 Å². The molecular formula is C17H15Cl2FN2O. The summed E-state index contributed by atoms with van der Waals surface area (Å²) < 4.78 is 13.1. The van der Waals surface area contributed by atoms with Gasteiger partial charge in [0, 0.05) is 25.1 Å².